The fraction of sp³-hybridized carbons (Fsp3) is 0.650. The van der Waals surface area contributed by atoms with Crippen LogP contribution < -0.4 is 0 Å². The quantitative estimate of drug-likeness (QED) is 0.599. The van der Waals surface area contributed by atoms with Gasteiger partial charge in [0.05, 0.1) is 25.7 Å². The van der Waals surface area contributed by atoms with Gasteiger partial charge in [-0.05, 0) is 57.6 Å². The van der Waals surface area contributed by atoms with Crippen LogP contribution in [0.5, 0.6) is 0 Å². The van der Waals surface area contributed by atoms with Gasteiger partial charge in [0, 0.05) is 0 Å². The van der Waals surface area contributed by atoms with E-state index in [0.29, 0.717) is 6.04 Å². The average Bonchev–Trinajstić information content (AvgIpc) is 2.47. The van der Waals surface area contributed by atoms with Gasteiger partial charge >= 0.3 is 5.97 Å². The molecule has 0 aliphatic heterocycles. The molecule has 1 aliphatic rings. The van der Waals surface area contributed by atoms with Crippen LogP contribution in [0.3, 0.4) is 0 Å². The first-order chi connectivity index (χ1) is 10.8. The number of nitrogens with zero attached hydrogens (tertiary/aromatic N) is 1. The maximum atomic E-state index is 12.5. The highest BCUT2D eigenvalue weighted by Crippen LogP contribution is 2.26. The van der Waals surface area contributed by atoms with Crippen LogP contribution in [0.25, 0.3) is 0 Å². The van der Waals surface area contributed by atoms with Crippen LogP contribution in [0.15, 0.2) is 18.2 Å². The molecule has 1 aliphatic carbocycles. The molecule has 0 unspecified atom stereocenters. The van der Waals surface area contributed by atoms with E-state index in [9.17, 15) is 4.79 Å². The summed E-state index contributed by atoms with van der Waals surface area (Å²) in [5, 5.41) is 0. The molecule has 1 aromatic rings. The second-order valence-electron chi connectivity index (χ2n) is 7.74. The summed E-state index contributed by atoms with van der Waals surface area (Å²) in [4.78, 5) is 12.5. The van der Waals surface area contributed by atoms with E-state index in [1.807, 2.05) is 39.0 Å². The number of hydrogen-bond donors (Lipinski definition) is 0. The van der Waals surface area contributed by atoms with Gasteiger partial charge in [0.2, 0.25) is 0 Å². The molecular formula is C20H32NO2+. The van der Waals surface area contributed by atoms with E-state index in [2.05, 4.69) is 14.1 Å². The van der Waals surface area contributed by atoms with Crippen molar-refractivity contribution in [2.75, 3.05) is 20.6 Å². The maximum Gasteiger partial charge on any atom is 0.339 e. The van der Waals surface area contributed by atoms with Crippen LogP contribution in [0, 0.1) is 13.8 Å². The van der Waals surface area contributed by atoms with Crippen LogP contribution in [0.2, 0.25) is 0 Å². The Balaban J connectivity index is 1.98. The number of carbonyl (C=O) groups excluding carboxylic acids is 1. The minimum Gasteiger partial charge on any atom is -0.453 e. The normalized spacial score (nSPS) is 17.8. The van der Waals surface area contributed by atoms with E-state index >= 15 is 0 Å². The van der Waals surface area contributed by atoms with Crippen molar-refractivity contribution in [2.24, 2.45) is 0 Å². The molecule has 0 bridgehead atoms. The lowest BCUT2D eigenvalue weighted by Gasteiger charge is -2.41. The molecule has 3 nitrogen and oxygen atoms in total. The summed E-state index contributed by atoms with van der Waals surface area (Å²) in [6.45, 7) is 6.84. The van der Waals surface area contributed by atoms with Crippen molar-refractivity contribution in [3.8, 4) is 0 Å². The number of likely N-dealkylation sites (N-methyl/N-ethyl adjacent to an activating group) is 1. The van der Waals surface area contributed by atoms with E-state index in [0.717, 1.165) is 27.7 Å². The summed E-state index contributed by atoms with van der Waals surface area (Å²) in [7, 11) is 4.55. The number of ether oxygens (including phenoxy) is 1. The minimum absolute atomic E-state index is 0.0709. The Labute approximate surface area is 141 Å². The summed E-state index contributed by atoms with van der Waals surface area (Å²) in [6.07, 6.45) is 6.56. The molecule has 3 heteroatoms. The third-order valence-corrected chi connectivity index (χ3v) is 5.28. The van der Waals surface area contributed by atoms with Crippen LogP contribution in [-0.4, -0.2) is 43.2 Å². The summed E-state index contributed by atoms with van der Waals surface area (Å²) >= 11 is 0. The highest BCUT2D eigenvalue weighted by Gasteiger charge is 2.32. The van der Waals surface area contributed by atoms with Crippen molar-refractivity contribution in [3.05, 3.63) is 34.9 Å². The van der Waals surface area contributed by atoms with E-state index < -0.39 is 0 Å². The zero-order chi connectivity index (χ0) is 17.0. The van der Waals surface area contributed by atoms with Crippen molar-refractivity contribution in [2.45, 2.75) is 65.0 Å². The summed E-state index contributed by atoms with van der Waals surface area (Å²) < 4.78 is 6.72. The molecule has 2 rings (SSSR count). The summed E-state index contributed by atoms with van der Waals surface area (Å²) in [5.41, 5.74) is 2.70. The van der Waals surface area contributed by atoms with Gasteiger partial charge in [0.1, 0.15) is 12.6 Å². The molecule has 0 radical (unpaired) electrons. The number of hydrogen-bond acceptors (Lipinski definition) is 2. The minimum atomic E-state index is -0.184. The summed E-state index contributed by atoms with van der Waals surface area (Å²) in [6, 6.07) is 6.62. The molecule has 128 valence electrons. The molecule has 0 N–H and O–H groups in total. The Morgan fingerprint density at radius 3 is 2.30 bits per heavy atom. The van der Waals surface area contributed by atoms with Crippen LogP contribution >= 0.6 is 0 Å². The van der Waals surface area contributed by atoms with Crippen molar-refractivity contribution < 1.29 is 14.0 Å². The lowest BCUT2D eigenvalue weighted by Crippen LogP contribution is -2.53. The van der Waals surface area contributed by atoms with Gasteiger partial charge in [0.15, 0.2) is 0 Å². The van der Waals surface area contributed by atoms with Gasteiger partial charge in [-0.3, -0.25) is 0 Å². The molecular weight excluding hydrogens is 286 g/mol. The standard InChI is InChI=1S/C20H32NO2/c1-15-10-9-11-16(2)19(15)20(22)23-17(3)14-21(4,5)18-12-7-6-8-13-18/h9-11,17-18H,6-8,12-14H2,1-5H3/q+1/t17-/m1/s1. The Bertz CT molecular complexity index is 524. The van der Waals surface area contributed by atoms with Gasteiger partial charge in [-0.15, -0.1) is 0 Å². The topological polar surface area (TPSA) is 26.3 Å². The SMILES string of the molecule is Cc1cccc(C)c1C(=O)O[C@H](C)C[N+](C)(C)C1CCCCC1. The number of esters is 1. The molecule has 0 heterocycles. The van der Waals surface area contributed by atoms with E-state index in [4.69, 9.17) is 4.74 Å². The zero-order valence-corrected chi connectivity index (χ0v) is 15.4. The van der Waals surface area contributed by atoms with Gasteiger partial charge in [-0.1, -0.05) is 24.6 Å². The van der Waals surface area contributed by atoms with Gasteiger partial charge < -0.3 is 9.22 Å². The highest BCUT2D eigenvalue weighted by atomic mass is 16.5. The molecule has 23 heavy (non-hydrogen) atoms. The molecule has 1 saturated carbocycles. The van der Waals surface area contributed by atoms with Crippen LogP contribution in [-0.2, 0) is 4.74 Å². The second-order valence-corrected chi connectivity index (χ2v) is 7.74. The first-order valence-corrected chi connectivity index (χ1v) is 8.91. The van der Waals surface area contributed by atoms with E-state index in [-0.39, 0.29) is 12.1 Å². The van der Waals surface area contributed by atoms with E-state index in [1.54, 1.807) is 0 Å². The average molecular weight is 318 g/mol. The fourth-order valence-electron chi connectivity index (χ4n) is 4.01. The first-order valence-electron chi connectivity index (χ1n) is 8.91. The first kappa shape index (κ1) is 18.0. The Morgan fingerprint density at radius 2 is 1.74 bits per heavy atom. The summed E-state index contributed by atoms with van der Waals surface area (Å²) in [5.74, 6) is -0.184. The lowest BCUT2D eigenvalue weighted by atomic mass is 9.93. The number of aryl methyl sites for hydroxylation is 2. The van der Waals surface area contributed by atoms with Crippen LogP contribution in [0.1, 0.15) is 60.5 Å². The predicted molar refractivity (Wildman–Crippen MR) is 94.6 cm³/mol. The van der Waals surface area contributed by atoms with Crippen molar-refractivity contribution in [3.63, 3.8) is 0 Å². The molecule has 1 atom stereocenters. The zero-order valence-electron chi connectivity index (χ0n) is 15.4. The number of carbonyl (C=O) groups is 1. The molecule has 1 aromatic carbocycles. The van der Waals surface area contributed by atoms with Crippen molar-refractivity contribution in [1.29, 1.82) is 0 Å². The second kappa shape index (κ2) is 7.48. The Morgan fingerprint density at radius 1 is 1.17 bits per heavy atom. The predicted octanol–water partition coefficient (Wildman–Crippen LogP) is 4.26. The molecule has 0 aromatic heterocycles. The lowest BCUT2D eigenvalue weighted by molar-refractivity contribution is -0.918. The van der Waals surface area contributed by atoms with Gasteiger partial charge in [0.25, 0.3) is 0 Å². The Hall–Kier alpha value is -1.35. The molecule has 1 fully saturated rings. The molecule has 0 spiro atoms. The van der Waals surface area contributed by atoms with E-state index in [1.165, 1.54) is 32.1 Å². The van der Waals surface area contributed by atoms with Crippen LogP contribution in [0.4, 0.5) is 0 Å². The molecule has 0 amide bonds. The van der Waals surface area contributed by atoms with Crippen molar-refractivity contribution in [1.82, 2.24) is 0 Å². The number of quaternary nitrogens is 1. The number of rotatable bonds is 5. The smallest absolute Gasteiger partial charge is 0.339 e. The maximum absolute atomic E-state index is 12.5. The fourth-order valence-corrected chi connectivity index (χ4v) is 4.01. The van der Waals surface area contributed by atoms with Gasteiger partial charge in [-0.2, -0.15) is 0 Å². The van der Waals surface area contributed by atoms with Gasteiger partial charge in [-0.25, -0.2) is 4.79 Å². The highest BCUT2D eigenvalue weighted by molar-refractivity contribution is 5.92. The third kappa shape index (κ3) is 4.57. The third-order valence-electron chi connectivity index (χ3n) is 5.28. The monoisotopic (exact) mass is 318 g/mol. The molecule has 0 saturated heterocycles. The Kier molecular flexibility index (Phi) is 5.85. The van der Waals surface area contributed by atoms with Crippen molar-refractivity contribution >= 4 is 5.97 Å². The number of benzene rings is 1. The largest absolute Gasteiger partial charge is 0.453 e.